The van der Waals surface area contributed by atoms with Crippen LogP contribution in [0.15, 0.2) is 0 Å². The average molecular weight is 253 g/mol. The van der Waals surface area contributed by atoms with E-state index in [4.69, 9.17) is 4.74 Å². The maximum atomic E-state index is 12.1. The van der Waals surface area contributed by atoms with E-state index in [0.717, 1.165) is 25.9 Å². The molecule has 0 spiro atoms. The molecule has 1 aromatic rings. The predicted molar refractivity (Wildman–Crippen MR) is 63.4 cm³/mol. The minimum atomic E-state index is -0.0552. The molecule has 0 aliphatic carbocycles. The summed E-state index contributed by atoms with van der Waals surface area (Å²) in [5, 5.41) is 14.4. The number of hydrogen-bond acceptors (Lipinski definition) is 5. The van der Waals surface area contributed by atoms with Gasteiger partial charge in [-0.15, -0.1) is 10.2 Å². The van der Waals surface area contributed by atoms with Gasteiger partial charge in [0.1, 0.15) is 0 Å². The van der Waals surface area contributed by atoms with Gasteiger partial charge in [0.15, 0.2) is 5.82 Å². The number of amides is 1. The molecule has 1 aliphatic rings. The maximum Gasteiger partial charge on any atom is 0.226 e. The minimum absolute atomic E-state index is 0.0222. The Kier molecular flexibility index (Phi) is 4.24. The van der Waals surface area contributed by atoms with Gasteiger partial charge in [0.2, 0.25) is 5.91 Å². The van der Waals surface area contributed by atoms with Crippen LogP contribution in [0, 0.1) is 5.92 Å². The monoisotopic (exact) mass is 253 g/mol. The summed E-state index contributed by atoms with van der Waals surface area (Å²) in [5.74, 6) is 0.491. The summed E-state index contributed by atoms with van der Waals surface area (Å²) in [6.07, 6.45) is 2.73. The number of carbonyl (C=O) groups is 1. The van der Waals surface area contributed by atoms with Gasteiger partial charge in [-0.2, -0.15) is 4.80 Å². The third-order valence-corrected chi connectivity index (χ3v) is 3.15. The van der Waals surface area contributed by atoms with E-state index in [1.807, 2.05) is 6.92 Å². The van der Waals surface area contributed by atoms with Crippen molar-refractivity contribution in [2.75, 3.05) is 6.61 Å². The molecule has 2 heterocycles. The lowest BCUT2D eigenvalue weighted by atomic mass is 9.92. The van der Waals surface area contributed by atoms with Crippen molar-refractivity contribution in [3.05, 3.63) is 5.82 Å². The highest BCUT2D eigenvalue weighted by Gasteiger charge is 2.30. The van der Waals surface area contributed by atoms with Gasteiger partial charge >= 0.3 is 0 Å². The first-order chi connectivity index (χ1) is 8.70. The Hall–Kier alpha value is -1.50. The molecule has 7 nitrogen and oxygen atoms in total. The van der Waals surface area contributed by atoms with Gasteiger partial charge in [-0.05, 0) is 24.5 Å². The second-order valence-corrected chi connectivity index (χ2v) is 4.48. The summed E-state index contributed by atoms with van der Waals surface area (Å²) in [6.45, 7) is 3.12. The van der Waals surface area contributed by atoms with Crippen molar-refractivity contribution in [1.29, 1.82) is 0 Å². The lowest BCUT2D eigenvalue weighted by Crippen LogP contribution is -2.41. The lowest BCUT2D eigenvalue weighted by molar-refractivity contribution is -0.134. The van der Waals surface area contributed by atoms with E-state index in [0.29, 0.717) is 12.4 Å². The van der Waals surface area contributed by atoms with E-state index in [1.54, 1.807) is 7.05 Å². The summed E-state index contributed by atoms with van der Waals surface area (Å²) >= 11 is 0. The Morgan fingerprint density at radius 2 is 2.44 bits per heavy atom. The lowest BCUT2D eigenvalue weighted by Gasteiger charge is -2.29. The molecule has 2 atom stereocenters. The molecule has 1 amide bonds. The zero-order chi connectivity index (χ0) is 13.0. The second-order valence-electron chi connectivity index (χ2n) is 4.48. The standard InChI is InChI=1S/C11H19N5O2/c1-3-9-8(5-4-6-18-9)11(17)12-7-10-13-15-16(2)14-10/h8-9H,3-7H2,1-2H3,(H,12,17)/t8-,9+/m0/s1. The van der Waals surface area contributed by atoms with Crippen LogP contribution in [-0.4, -0.2) is 38.8 Å². The molecule has 1 aliphatic heterocycles. The van der Waals surface area contributed by atoms with Crippen LogP contribution >= 0.6 is 0 Å². The Morgan fingerprint density at radius 3 is 3.11 bits per heavy atom. The van der Waals surface area contributed by atoms with Gasteiger partial charge in [0, 0.05) is 6.61 Å². The SMILES string of the molecule is CC[C@H]1OCCC[C@@H]1C(=O)NCc1nnn(C)n1. The number of tetrazole rings is 1. The first kappa shape index (κ1) is 12.9. The molecule has 2 rings (SSSR count). The molecule has 18 heavy (non-hydrogen) atoms. The smallest absolute Gasteiger partial charge is 0.226 e. The molecule has 0 aromatic carbocycles. The number of ether oxygens (including phenoxy) is 1. The summed E-state index contributed by atoms with van der Waals surface area (Å²) in [6, 6.07) is 0. The van der Waals surface area contributed by atoms with Gasteiger partial charge < -0.3 is 10.1 Å². The van der Waals surface area contributed by atoms with Crippen molar-refractivity contribution in [2.24, 2.45) is 13.0 Å². The van der Waals surface area contributed by atoms with Crippen LogP contribution in [0.5, 0.6) is 0 Å². The molecular formula is C11H19N5O2. The second kappa shape index (κ2) is 5.90. The molecular weight excluding hydrogens is 234 g/mol. The molecule has 1 fully saturated rings. The van der Waals surface area contributed by atoms with Gasteiger partial charge in [-0.3, -0.25) is 4.79 Å². The fraction of sp³-hybridized carbons (Fsp3) is 0.818. The first-order valence-corrected chi connectivity index (χ1v) is 6.33. The van der Waals surface area contributed by atoms with Crippen molar-refractivity contribution in [1.82, 2.24) is 25.5 Å². The van der Waals surface area contributed by atoms with E-state index in [9.17, 15) is 4.79 Å². The first-order valence-electron chi connectivity index (χ1n) is 6.33. The summed E-state index contributed by atoms with van der Waals surface area (Å²) in [4.78, 5) is 13.4. The number of hydrogen-bond donors (Lipinski definition) is 1. The van der Waals surface area contributed by atoms with Crippen LogP contribution in [0.1, 0.15) is 32.0 Å². The predicted octanol–water partition coefficient (Wildman–Crippen LogP) is 0.0315. The van der Waals surface area contributed by atoms with E-state index in [-0.39, 0.29) is 17.9 Å². The van der Waals surface area contributed by atoms with Crippen molar-refractivity contribution < 1.29 is 9.53 Å². The van der Waals surface area contributed by atoms with Crippen LogP contribution in [0.25, 0.3) is 0 Å². The van der Waals surface area contributed by atoms with Crippen molar-refractivity contribution in [2.45, 2.75) is 38.8 Å². The molecule has 0 bridgehead atoms. The summed E-state index contributed by atoms with van der Waals surface area (Å²) in [7, 11) is 1.69. The zero-order valence-corrected chi connectivity index (χ0v) is 10.8. The molecule has 0 saturated carbocycles. The third kappa shape index (κ3) is 3.04. The Bertz CT molecular complexity index is 406. The van der Waals surface area contributed by atoms with Crippen LogP contribution in [0.2, 0.25) is 0 Å². The van der Waals surface area contributed by atoms with Crippen molar-refractivity contribution in [3.63, 3.8) is 0 Å². The van der Waals surface area contributed by atoms with Crippen LogP contribution in [0.4, 0.5) is 0 Å². The third-order valence-electron chi connectivity index (χ3n) is 3.15. The molecule has 0 unspecified atom stereocenters. The zero-order valence-electron chi connectivity index (χ0n) is 10.8. The van der Waals surface area contributed by atoms with Crippen molar-refractivity contribution in [3.8, 4) is 0 Å². The molecule has 1 N–H and O–H groups in total. The molecule has 1 aromatic heterocycles. The van der Waals surface area contributed by atoms with Gasteiger partial charge in [0.25, 0.3) is 0 Å². The maximum absolute atomic E-state index is 12.1. The van der Waals surface area contributed by atoms with E-state index >= 15 is 0 Å². The number of nitrogens with one attached hydrogen (secondary N) is 1. The number of aryl methyl sites for hydroxylation is 1. The highest BCUT2D eigenvalue weighted by molar-refractivity contribution is 5.79. The van der Waals surface area contributed by atoms with Crippen LogP contribution < -0.4 is 5.32 Å². The average Bonchev–Trinajstić information content (AvgIpc) is 2.81. The minimum Gasteiger partial charge on any atom is -0.377 e. The molecule has 100 valence electrons. The highest BCUT2D eigenvalue weighted by atomic mass is 16.5. The number of nitrogens with zero attached hydrogens (tertiary/aromatic N) is 4. The molecule has 1 saturated heterocycles. The number of aromatic nitrogens is 4. The van der Waals surface area contributed by atoms with E-state index in [2.05, 4.69) is 20.7 Å². The summed E-state index contributed by atoms with van der Waals surface area (Å²) < 4.78 is 5.61. The van der Waals surface area contributed by atoms with Gasteiger partial charge in [-0.1, -0.05) is 6.92 Å². The molecule has 0 radical (unpaired) electrons. The summed E-state index contributed by atoms with van der Waals surface area (Å²) in [5.41, 5.74) is 0. The van der Waals surface area contributed by atoms with Crippen LogP contribution in [-0.2, 0) is 23.1 Å². The quantitative estimate of drug-likeness (QED) is 0.818. The Balaban J connectivity index is 1.86. The number of carbonyl (C=O) groups excluding carboxylic acids is 1. The van der Waals surface area contributed by atoms with Gasteiger partial charge in [0.05, 0.1) is 25.6 Å². The van der Waals surface area contributed by atoms with Crippen molar-refractivity contribution >= 4 is 5.91 Å². The topological polar surface area (TPSA) is 81.9 Å². The Morgan fingerprint density at radius 1 is 1.61 bits per heavy atom. The normalized spacial score (nSPS) is 23.9. The fourth-order valence-corrected chi connectivity index (χ4v) is 2.23. The highest BCUT2D eigenvalue weighted by Crippen LogP contribution is 2.23. The van der Waals surface area contributed by atoms with Gasteiger partial charge in [-0.25, -0.2) is 0 Å². The Labute approximate surface area is 106 Å². The van der Waals surface area contributed by atoms with Crippen LogP contribution in [0.3, 0.4) is 0 Å². The largest absolute Gasteiger partial charge is 0.377 e. The fourth-order valence-electron chi connectivity index (χ4n) is 2.23. The molecule has 7 heteroatoms. The van der Waals surface area contributed by atoms with E-state index in [1.165, 1.54) is 4.80 Å². The van der Waals surface area contributed by atoms with E-state index < -0.39 is 0 Å². The number of rotatable bonds is 4.